The first-order valence-corrected chi connectivity index (χ1v) is 26.4. The number of benzene rings is 12. The van der Waals surface area contributed by atoms with Crippen LogP contribution in [0.15, 0.2) is 303 Å². The van der Waals surface area contributed by atoms with Crippen molar-refractivity contribution in [2.75, 3.05) is 9.80 Å². The topological polar surface area (TPSA) is 6.48 Å². The Bertz CT molecular complexity index is 4020. The van der Waals surface area contributed by atoms with Crippen molar-refractivity contribution in [1.29, 1.82) is 0 Å². The van der Waals surface area contributed by atoms with Gasteiger partial charge in [0, 0.05) is 22.7 Å². The van der Waals surface area contributed by atoms with Crippen LogP contribution < -0.4 is 9.80 Å². The van der Waals surface area contributed by atoms with Crippen LogP contribution in [-0.4, -0.2) is 0 Å². The Kier molecular flexibility index (Phi) is 10.0. The highest BCUT2D eigenvalue weighted by Crippen LogP contribution is 2.64. The van der Waals surface area contributed by atoms with Gasteiger partial charge < -0.3 is 9.80 Å². The first-order chi connectivity index (χ1) is 37.7. The number of para-hydroxylation sites is 3. The molecule has 0 atom stereocenters. The summed E-state index contributed by atoms with van der Waals surface area (Å²) in [5.74, 6) is 0. The lowest BCUT2D eigenvalue weighted by Gasteiger charge is -2.45. The summed E-state index contributed by atoms with van der Waals surface area (Å²) in [7, 11) is 0. The van der Waals surface area contributed by atoms with E-state index in [9.17, 15) is 0 Å². The van der Waals surface area contributed by atoms with Gasteiger partial charge in [-0.15, -0.1) is 0 Å². The second kappa shape index (κ2) is 17.4. The van der Waals surface area contributed by atoms with Gasteiger partial charge in [0.05, 0.1) is 22.2 Å². The second-order valence-electron chi connectivity index (χ2n) is 20.3. The van der Waals surface area contributed by atoms with Gasteiger partial charge in [0.1, 0.15) is 0 Å². The lowest BCUT2D eigenvalue weighted by atomic mass is 9.64. The Morgan fingerprint density at radius 2 is 0.605 bits per heavy atom. The van der Waals surface area contributed by atoms with E-state index in [1.807, 2.05) is 0 Å². The minimum Gasteiger partial charge on any atom is -0.310 e. The molecule has 0 fully saturated rings. The van der Waals surface area contributed by atoms with E-state index in [4.69, 9.17) is 0 Å². The van der Waals surface area contributed by atoms with Gasteiger partial charge in [-0.25, -0.2) is 0 Å². The van der Waals surface area contributed by atoms with Gasteiger partial charge in [-0.1, -0.05) is 237 Å². The monoisotopic (exact) mass is 966 g/mol. The average molecular weight is 967 g/mol. The van der Waals surface area contributed by atoms with Crippen molar-refractivity contribution in [3.05, 3.63) is 348 Å². The molecule has 356 valence electrons. The Labute approximate surface area is 444 Å². The van der Waals surface area contributed by atoms with Crippen LogP contribution in [0.25, 0.3) is 44.5 Å². The number of anilines is 6. The average Bonchev–Trinajstić information content (AvgIpc) is 4.07. The smallest absolute Gasteiger partial charge is 0.0755 e. The second-order valence-corrected chi connectivity index (χ2v) is 20.3. The Morgan fingerprint density at radius 3 is 1.09 bits per heavy atom. The molecular weight excluding hydrogens is 917 g/mol. The van der Waals surface area contributed by atoms with Gasteiger partial charge >= 0.3 is 0 Å². The van der Waals surface area contributed by atoms with Crippen LogP contribution >= 0.6 is 0 Å². The zero-order chi connectivity index (χ0) is 50.2. The molecule has 1 heterocycles. The standard InChI is InChI=1S/C74H50N2/c1-6-24-51(25-7-1)53-46-54(52-26-8-2-9-27-52)48-60(47-53)75(58-42-44-63-61-34-16-18-36-65(61)73(69(63)49-58,55-28-10-3-11-29-55)56-30-12-4-13-31-56)59-43-45-64-62-35-17-19-37-66(62)74(70(64)50-59)67-38-20-22-40-71(67)76(57-32-14-5-15-33-57)72-41-23-21-39-68(72)74/h1-50H. The lowest BCUT2D eigenvalue weighted by molar-refractivity contribution is 0.752. The van der Waals surface area contributed by atoms with E-state index in [2.05, 4.69) is 313 Å². The zero-order valence-electron chi connectivity index (χ0n) is 41.8. The van der Waals surface area contributed by atoms with Crippen molar-refractivity contribution < 1.29 is 0 Å². The first kappa shape index (κ1) is 43.8. The summed E-state index contributed by atoms with van der Waals surface area (Å²) in [6.45, 7) is 0. The summed E-state index contributed by atoms with van der Waals surface area (Å²) in [6.07, 6.45) is 0. The van der Waals surface area contributed by atoms with Gasteiger partial charge in [0.2, 0.25) is 0 Å². The van der Waals surface area contributed by atoms with Gasteiger partial charge in [-0.2, -0.15) is 0 Å². The van der Waals surface area contributed by atoms with Gasteiger partial charge in [-0.05, 0) is 156 Å². The summed E-state index contributed by atoms with van der Waals surface area (Å²) >= 11 is 0. The molecule has 2 nitrogen and oxygen atoms in total. The van der Waals surface area contributed by atoms with E-state index in [1.165, 1.54) is 89.3 Å². The van der Waals surface area contributed by atoms with E-state index in [1.54, 1.807) is 0 Å². The van der Waals surface area contributed by atoms with E-state index in [-0.39, 0.29) is 0 Å². The summed E-state index contributed by atoms with van der Waals surface area (Å²) < 4.78 is 0. The molecular formula is C74H50N2. The van der Waals surface area contributed by atoms with Crippen LogP contribution in [0.5, 0.6) is 0 Å². The highest BCUT2D eigenvalue weighted by molar-refractivity contribution is 5.98. The molecule has 76 heavy (non-hydrogen) atoms. The highest BCUT2D eigenvalue weighted by Gasteiger charge is 2.52. The summed E-state index contributed by atoms with van der Waals surface area (Å²) in [6, 6.07) is 113. The predicted molar refractivity (Wildman–Crippen MR) is 315 cm³/mol. The maximum absolute atomic E-state index is 2.54. The fourth-order valence-electron chi connectivity index (χ4n) is 13.4. The summed E-state index contributed by atoms with van der Waals surface area (Å²) in [5, 5.41) is 0. The largest absolute Gasteiger partial charge is 0.310 e. The summed E-state index contributed by atoms with van der Waals surface area (Å²) in [5.41, 5.74) is 25.3. The molecule has 2 heteroatoms. The van der Waals surface area contributed by atoms with Crippen LogP contribution in [0.1, 0.15) is 44.5 Å². The quantitative estimate of drug-likeness (QED) is 0.150. The molecule has 0 bridgehead atoms. The molecule has 1 aliphatic heterocycles. The van der Waals surface area contributed by atoms with Crippen molar-refractivity contribution in [1.82, 2.24) is 0 Å². The third-order valence-corrected chi connectivity index (χ3v) is 16.5. The first-order valence-electron chi connectivity index (χ1n) is 26.4. The molecule has 12 aromatic carbocycles. The summed E-state index contributed by atoms with van der Waals surface area (Å²) in [4.78, 5) is 5.00. The van der Waals surface area contributed by atoms with E-state index >= 15 is 0 Å². The molecule has 15 rings (SSSR count). The molecule has 0 N–H and O–H groups in total. The number of nitrogens with zero attached hydrogens (tertiary/aromatic N) is 2. The lowest BCUT2D eigenvalue weighted by Crippen LogP contribution is -2.36. The molecule has 1 spiro atoms. The van der Waals surface area contributed by atoms with E-state index < -0.39 is 10.8 Å². The molecule has 0 saturated heterocycles. The predicted octanol–water partition coefficient (Wildman–Crippen LogP) is 19.0. The van der Waals surface area contributed by atoms with Crippen LogP contribution in [-0.2, 0) is 10.8 Å². The van der Waals surface area contributed by atoms with Crippen molar-refractivity contribution in [3.8, 4) is 44.5 Å². The SMILES string of the molecule is c1ccc(-c2cc(-c3ccccc3)cc(N(c3ccc4c(c3)C(c3ccccc3)(c3ccccc3)c3ccccc3-4)c3ccc4c(c3)C3(c5ccccc5-4)c4ccccc4N(c4ccccc4)c4ccccc43)c2)cc1. The molecule has 0 amide bonds. The third-order valence-electron chi connectivity index (χ3n) is 16.5. The fourth-order valence-corrected chi connectivity index (χ4v) is 13.4. The van der Waals surface area contributed by atoms with Crippen LogP contribution in [0, 0.1) is 0 Å². The zero-order valence-corrected chi connectivity index (χ0v) is 41.8. The molecule has 0 radical (unpaired) electrons. The maximum Gasteiger partial charge on any atom is 0.0755 e. The van der Waals surface area contributed by atoms with E-state index in [0.29, 0.717) is 0 Å². The third kappa shape index (κ3) is 6.41. The van der Waals surface area contributed by atoms with Crippen LogP contribution in [0.2, 0.25) is 0 Å². The molecule has 0 unspecified atom stereocenters. The molecule has 0 aromatic heterocycles. The molecule has 2 aliphatic carbocycles. The van der Waals surface area contributed by atoms with Crippen molar-refractivity contribution in [3.63, 3.8) is 0 Å². The maximum atomic E-state index is 2.54. The highest BCUT2D eigenvalue weighted by atomic mass is 15.2. The van der Waals surface area contributed by atoms with Gasteiger partial charge in [-0.3, -0.25) is 0 Å². The van der Waals surface area contributed by atoms with Crippen molar-refractivity contribution in [2.45, 2.75) is 10.8 Å². The fraction of sp³-hybridized carbons (Fsp3) is 0.0270. The number of hydrogen-bond donors (Lipinski definition) is 0. The van der Waals surface area contributed by atoms with E-state index in [0.717, 1.165) is 33.9 Å². The normalized spacial score (nSPS) is 13.7. The Hall–Kier alpha value is -9.76. The molecule has 3 aliphatic rings. The van der Waals surface area contributed by atoms with Crippen LogP contribution in [0.3, 0.4) is 0 Å². The van der Waals surface area contributed by atoms with Gasteiger partial charge in [0.25, 0.3) is 0 Å². The Balaban J connectivity index is 1.03. The van der Waals surface area contributed by atoms with Crippen molar-refractivity contribution in [2.24, 2.45) is 0 Å². The Morgan fingerprint density at radius 1 is 0.237 bits per heavy atom. The van der Waals surface area contributed by atoms with Crippen LogP contribution in [0.4, 0.5) is 34.1 Å². The molecule has 0 saturated carbocycles. The minimum absolute atomic E-state index is 0.582. The minimum atomic E-state index is -0.636. The molecule has 12 aromatic rings. The van der Waals surface area contributed by atoms with Crippen molar-refractivity contribution >= 4 is 34.1 Å². The van der Waals surface area contributed by atoms with Gasteiger partial charge in [0.15, 0.2) is 0 Å². The number of fused-ring (bicyclic) bond motifs is 12. The number of rotatable bonds is 8. The number of hydrogen-bond acceptors (Lipinski definition) is 2.